The molecule has 4 aliphatic rings. The molecule has 144 valence electrons. The van der Waals surface area contributed by atoms with Gasteiger partial charge in [0.05, 0.1) is 23.9 Å². The summed E-state index contributed by atoms with van der Waals surface area (Å²) in [5, 5.41) is 10.7. The fraction of sp³-hybridized carbons (Fsp3) is 0.417. The van der Waals surface area contributed by atoms with Gasteiger partial charge in [-0.05, 0) is 28.7 Å². The van der Waals surface area contributed by atoms with Crippen LogP contribution in [0.15, 0.2) is 48.5 Å². The number of likely N-dealkylation sites (tertiary alicyclic amines) is 1. The van der Waals surface area contributed by atoms with Gasteiger partial charge in [-0.15, -0.1) is 0 Å². The van der Waals surface area contributed by atoms with Crippen molar-refractivity contribution < 1.29 is 14.7 Å². The Morgan fingerprint density at radius 2 is 1.54 bits per heavy atom. The van der Waals surface area contributed by atoms with Gasteiger partial charge in [0, 0.05) is 12.5 Å². The summed E-state index contributed by atoms with van der Waals surface area (Å²) in [4.78, 5) is 28.4. The van der Waals surface area contributed by atoms with Crippen LogP contribution in [-0.2, 0) is 15.0 Å². The summed E-state index contributed by atoms with van der Waals surface area (Å²) in [6.45, 7) is 2.43. The molecule has 1 fully saturated rings. The Kier molecular flexibility index (Phi) is 3.95. The predicted octanol–water partition coefficient (Wildman–Crippen LogP) is 3.22. The Morgan fingerprint density at radius 3 is 2.11 bits per heavy atom. The highest BCUT2D eigenvalue weighted by Gasteiger charge is 2.67. The van der Waals surface area contributed by atoms with Crippen molar-refractivity contribution in [3.63, 3.8) is 0 Å². The summed E-state index contributed by atoms with van der Waals surface area (Å²) in [5.74, 6) is -1.20. The number of hydrogen-bond acceptors (Lipinski definition) is 3. The van der Waals surface area contributed by atoms with E-state index in [-0.39, 0.29) is 24.3 Å². The molecule has 0 aromatic heterocycles. The molecule has 0 unspecified atom stereocenters. The molecule has 2 amide bonds. The van der Waals surface area contributed by atoms with Crippen molar-refractivity contribution in [3.05, 3.63) is 70.8 Å². The van der Waals surface area contributed by atoms with Gasteiger partial charge in [-0.25, -0.2) is 0 Å². The molecule has 3 aliphatic carbocycles. The molecular formula is C24H25NO3. The Hall–Kier alpha value is -2.46. The maximum absolute atomic E-state index is 13.5. The average Bonchev–Trinajstić information content (AvgIpc) is 2.99. The number of aliphatic hydroxyl groups is 1. The number of unbranched alkanes of at least 4 members (excludes halogenated alkanes) is 2. The minimum atomic E-state index is -0.834. The van der Waals surface area contributed by atoms with Gasteiger partial charge in [0.2, 0.25) is 11.8 Å². The SMILES string of the molecule is CCCCCN1C(=O)[C@H]2C3c4ccccc4C(CO)(c4ccccc43)[C@H]2C1=O. The van der Waals surface area contributed by atoms with Crippen molar-refractivity contribution in [1.82, 2.24) is 4.90 Å². The van der Waals surface area contributed by atoms with E-state index in [1.807, 2.05) is 36.4 Å². The van der Waals surface area contributed by atoms with Crippen LogP contribution in [0.25, 0.3) is 0 Å². The van der Waals surface area contributed by atoms with Crippen LogP contribution >= 0.6 is 0 Å². The van der Waals surface area contributed by atoms with Gasteiger partial charge in [0.1, 0.15) is 0 Å². The summed E-state index contributed by atoms with van der Waals surface area (Å²) in [7, 11) is 0. The molecule has 2 aromatic rings. The van der Waals surface area contributed by atoms with Gasteiger partial charge in [0.25, 0.3) is 0 Å². The fourth-order valence-corrected chi connectivity index (χ4v) is 6.00. The Bertz CT molecular complexity index is 918. The first-order chi connectivity index (χ1) is 13.7. The van der Waals surface area contributed by atoms with Crippen molar-refractivity contribution in [1.29, 1.82) is 0 Å². The van der Waals surface area contributed by atoms with Gasteiger partial charge < -0.3 is 5.11 Å². The molecule has 1 N–H and O–H groups in total. The van der Waals surface area contributed by atoms with Crippen LogP contribution in [-0.4, -0.2) is 35.0 Å². The van der Waals surface area contributed by atoms with Crippen molar-refractivity contribution in [2.45, 2.75) is 37.5 Å². The van der Waals surface area contributed by atoms with E-state index in [1.54, 1.807) is 0 Å². The van der Waals surface area contributed by atoms with Crippen LogP contribution in [0.3, 0.4) is 0 Å². The highest BCUT2D eigenvalue weighted by Crippen LogP contribution is 2.63. The molecular weight excluding hydrogens is 350 g/mol. The molecule has 2 bridgehead atoms. The minimum absolute atomic E-state index is 0.0575. The summed E-state index contributed by atoms with van der Waals surface area (Å²) in [6.07, 6.45) is 2.88. The van der Waals surface area contributed by atoms with Crippen molar-refractivity contribution in [3.8, 4) is 0 Å². The third kappa shape index (κ3) is 1.99. The highest BCUT2D eigenvalue weighted by atomic mass is 16.3. The first-order valence-corrected chi connectivity index (χ1v) is 10.3. The summed E-state index contributed by atoms with van der Waals surface area (Å²) < 4.78 is 0. The summed E-state index contributed by atoms with van der Waals surface area (Å²) in [6, 6.07) is 16.1. The number of aliphatic hydroxyl groups excluding tert-OH is 1. The van der Waals surface area contributed by atoms with E-state index in [0.717, 1.165) is 41.5 Å². The lowest BCUT2D eigenvalue weighted by Crippen LogP contribution is -2.55. The van der Waals surface area contributed by atoms with E-state index >= 15 is 0 Å². The normalized spacial score (nSPS) is 29.6. The zero-order valence-corrected chi connectivity index (χ0v) is 16.1. The Labute approximate surface area is 165 Å². The molecule has 4 nitrogen and oxygen atoms in total. The summed E-state index contributed by atoms with van der Waals surface area (Å²) >= 11 is 0. The van der Waals surface area contributed by atoms with Crippen LogP contribution in [0.5, 0.6) is 0 Å². The molecule has 28 heavy (non-hydrogen) atoms. The molecule has 1 saturated heterocycles. The number of imide groups is 1. The van der Waals surface area contributed by atoms with E-state index < -0.39 is 17.3 Å². The van der Waals surface area contributed by atoms with Crippen LogP contribution in [0.1, 0.15) is 54.4 Å². The number of amides is 2. The topological polar surface area (TPSA) is 57.6 Å². The Morgan fingerprint density at radius 1 is 0.929 bits per heavy atom. The quantitative estimate of drug-likeness (QED) is 0.645. The first-order valence-electron chi connectivity index (χ1n) is 10.3. The van der Waals surface area contributed by atoms with Crippen molar-refractivity contribution in [2.75, 3.05) is 13.2 Å². The zero-order chi connectivity index (χ0) is 19.5. The Balaban J connectivity index is 1.72. The average molecular weight is 375 g/mol. The van der Waals surface area contributed by atoms with E-state index in [1.165, 1.54) is 4.90 Å². The number of nitrogens with zero attached hydrogens (tertiary/aromatic N) is 1. The lowest BCUT2D eigenvalue weighted by molar-refractivity contribution is -0.140. The maximum Gasteiger partial charge on any atom is 0.234 e. The number of carbonyl (C=O) groups excluding carboxylic acids is 2. The molecule has 4 heteroatoms. The largest absolute Gasteiger partial charge is 0.395 e. The third-order valence-electron chi connectivity index (χ3n) is 7.12. The second kappa shape index (κ2) is 6.28. The highest BCUT2D eigenvalue weighted by molar-refractivity contribution is 6.08. The van der Waals surface area contributed by atoms with Gasteiger partial charge in [-0.2, -0.15) is 0 Å². The fourth-order valence-electron chi connectivity index (χ4n) is 6.00. The lowest BCUT2D eigenvalue weighted by Gasteiger charge is -2.53. The van der Waals surface area contributed by atoms with E-state index in [4.69, 9.17) is 0 Å². The van der Waals surface area contributed by atoms with Gasteiger partial charge in [-0.1, -0.05) is 68.3 Å². The zero-order valence-electron chi connectivity index (χ0n) is 16.1. The molecule has 0 saturated carbocycles. The van der Waals surface area contributed by atoms with Crippen LogP contribution in [0.4, 0.5) is 0 Å². The maximum atomic E-state index is 13.5. The third-order valence-corrected chi connectivity index (χ3v) is 7.12. The second-order valence-electron chi connectivity index (χ2n) is 8.32. The monoisotopic (exact) mass is 375 g/mol. The molecule has 1 heterocycles. The number of hydrogen-bond donors (Lipinski definition) is 1. The van der Waals surface area contributed by atoms with Gasteiger partial charge in [0.15, 0.2) is 0 Å². The molecule has 0 radical (unpaired) electrons. The van der Waals surface area contributed by atoms with E-state index in [9.17, 15) is 14.7 Å². The molecule has 1 aliphatic heterocycles. The lowest BCUT2D eigenvalue weighted by atomic mass is 9.47. The number of rotatable bonds is 5. The standard InChI is InChI=1S/C24H25NO3/c1-2-3-8-13-25-22(27)20-19-15-9-4-6-11-17(15)24(14-26,21(20)23(25)28)18-12-7-5-10-16(18)19/h4-7,9-12,19-21,26H,2-3,8,13-14H2,1H3/t19?,20-,21+,24?/m0/s1. The second-order valence-corrected chi connectivity index (χ2v) is 8.32. The predicted molar refractivity (Wildman–Crippen MR) is 106 cm³/mol. The van der Waals surface area contributed by atoms with Crippen molar-refractivity contribution in [2.24, 2.45) is 11.8 Å². The van der Waals surface area contributed by atoms with Gasteiger partial charge in [-0.3, -0.25) is 14.5 Å². The van der Waals surface area contributed by atoms with Crippen LogP contribution in [0.2, 0.25) is 0 Å². The van der Waals surface area contributed by atoms with Crippen LogP contribution < -0.4 is 0 Å². The van der Waals surface area contributed by atoms with Crippen molar-refractivity contribution >= 4 is 11.8 Å². The number of benzene rings is 2. The minimum Gasteiger partial charge on any atom is -0.395 e. The molecule has 0 spiro atoms. The van der Waals surface area contributed by atoms with Gasteiger partial charge >= 0.3 is 0 Å². The molecule has 6 rings (SSSR count). The first kappa shape index (κ1) is 17.6. The van der Waals surface area contributed by atoms with E-state index in [0.29, 0.717) is 6.54 Å². The number of carbonyl (C=O) groups is 2. The molecule has 2 aromatic carbocycles. The van der Waals surface area contributed by atoms with E-state index in [2.05, 4.69) is 19.1 Å². The smallest absolute Gasteiger partial charge is 0.234 e. The van der Waals surface area contributed by atoms with Crippen LogP contribution in [0, 0.1) is 11.8 Å². The molecule has 2 atom stereocenters. The summed E-state index contributed by atoms with van der Waals surface area (Å²) in [5.41, 5.74) is 3.37.